The number of aliphatic hydroxyl groups is 1. The second-order valence-electron chi connectivity index (χ2n) is 4.67. The summed E-state index contributed by atoms with van der Waals surface area (Å²) in [7, 11) is 0. The lowest BCUT2D eigenvalue weighted by molar-refractivity contribution is -0.253. The summed E-state index contributed by atoms with van der Waals surface area (Å²) in [5, 5.41) is 9.40. The molecule has 6 heteroatoms. The molecule has 0 aromatic carbocycles. The molecule has 1 heterocycles. The van der Waals surface area contributed by atoms with Gasteiger partial charge in [-0.25, -0.2) is 0 Å². The molecular formula is C10H14F3NO2. The maximum Gasteiger partial charge on any atom is 0.419 e. The summed E-state index contributed by atoms with van der Waals surface area (Å²) in [4.78, 5) is 12.8. The van der Waals surface area contributed by atoms with E-state index >= 15 is 0 Å². The van der Waals surface area contributed by atoms with Crippen molar-refractivity contribution in [1.82, 2.24) is 4.90 Å². The molecular weight excluding hydrogens is 223 g/mol. The molecule has 0 radical (unpaired) electrons. The Morgan fingerprint density at radius 3 is 2.38 bits per heavy atom. The highest BCUT2D eigenvalue weighted by atomic mass is 19.4. The Labute approximate surface area is 91.2 Å². The van der Waals surface area contributed by atoms with E-state index in [0.717, 1.165) is 24.2 Å². The normalized spacial score (nSPS) is 31.6. The third-order valence-corrected chi connectivity index (χ3v) is 3.54. The molecule has 16 heavy (non-hydrogen) atoms. The summed E-state index contributed by atoms with van der Waals surface area (Å²) in [5.74, 6) is -0.345. The van der Waals surface area contributed by atoms with Crippen molar-refractivity contribution >= 4 is 5.91 Å². The predicted molar refractivity (Wildman–Crippen MR) is 49.5 cm³/mol. The molecule has 2 fully saturated rings. The summed E-state index contributed by atoms with van der Waals surface area (Å²) in [6.07, 6.45) is -2.57. The molecule has 1 aliphatic heterocycles. The first-order valence-electron chi connectivity index (χ1n) is 5.41. The number of nitrogens with zero attached hydrogens (tertiary/aromatic N) is 1. The summed E-state index contributed by atoms with van der Waals surface area (Å²) in [5.41, 5.74) is -2.70. The summed E-state index contributed by atoms with van der Waals surface area (Å²) in [6, 6.07) is 0. The number of hydrogen-bond acceptors (Lipinski definition) is 2. The highest BCUT2D eigenvalue weighted by Crippen LogP contribution is 2.39. The number of halogens is 3. The minimum absolute atomic E-state index is 0.00530. The highest BCUT2D eigenvalue weighted by Gasteiger charge is 2.58. The number of alkyl halides is 3. The van der Waals surface area contributed by atoms with Crippen molar-refractivity contribution in [3.05, 3.63) is 0 Å². The second kappa shape index (κ2) is 3.61. The molecule has 0 aromatic rings. The third kappa shape index (κ3) is 1.79. The van der Waals surface area contributed by atoms with Gasteiger partial charge in [-0.05, 0) is 12.8 Å². The molecule has 0 unspecified atom stereocenters. The lowest BCUT2D eigenvalue weighted by atomic mass is 9.84. The Hall–Kier alpha value is -0.780. The molecule has 3 nitrogen and oxygen atoms in total. The van der Waals surface area contributed by atoms with Crippen LogP contribution >= 0.6 is 0 Å². The zero-order valence-electron chi connectivity index (χ0n) is 8.76. The molecule has 1 aliphatic carbocycles. The Kier molecular flexibility index (Phi) is 2.64. The van der Waals surface area contributed by atoms with Gasteiger partial charge in [0.1, 0.15) is 0 Å². The van der Waals surface area contributed by atoms with E-state index in [2.05, 4.69) is 0 Å². The summed E-state index contributed by atoms with van der Waals surface area (Å²) < 4.78 is 37.5. The van der Waals surface area contributed by atoms with Crippen molar-refractivity contribution in [2.24, 2.45) is 5.92 Å². The van der Waals surface area contributed by atoms with Gasteiger partial charge in [-0.15, -0.1) is 0 Å². The van der Waals surface area contributed by atoms with E-state index in [1.165, 1.54) is 0 Å². The Balaban J connectivity index is 1.99. The van der Waals surface area contributed by atoms with E-state index < -0.39 is 24.7 Å². The van der Waals surface area contributed by atoms with Gasteiger partial charge in [-0.3, -0.25) is 4.79 Å². The first kappa shape index (κ1) is 11.7. The van der Waals surface area contributed by atoms with Crippen molar-refractivity contribution in [3.63, 3.8) is 0 Å². The lowest BCUT2D eigenvalue weighted by Gasteiger charge is -2.30. The molecule has 2 rings (SSSR count). The lowest BCUT2D eigenvalue weighted by Crippen LogP contribution is -2.49. The van der Waals surface area contributed by atoms with Gasteiger partial charge in [0.2, 0.25) is 5.91 Å². The minimum atomic E-state index is -4.65. The molecule has 0 aromatic heterocycles. The first-order valence-corrected chi connectivity index (χ1v) is 5.41. The SMILES string of the molecule is O=C(C1CCC1)N1CC[C@@](O)(C(F)(F)F)C1. The molecule has 2 aliphatic rings. The maximum absolute atomic E-state index is 12.5. The molecule has 0 spiro atoms. The van der Waals surface area contributed by atoms with Crippen LogP contribution in [0.5, 0.6) is 0 Å². The van der Waals surface area contributed by atoms with Crippen LogP contribution in [-0.4, -0.2) is 40.8 Å². The van der Waals surface area contributed by atoms with Crippen LogP contribution in [0.15, 0.2) is 0 Å². The molecule has 1 amide bonds. The fourth-order valence-corrected chi connectivity index (χ4v) is 2.13. The van der Waals surface area contributed by atoms with Gasteiger partial charge in [0.15, 0.2) is 5.60 Å². The number of amides is 1. The maximum atomic E-state index is 12.5. The second-order valence-corrected chi connectivity index (χ2v) is 4.67. The van der Waals surface area contributed by atoms with Crippen LogP contribution in [0.25, 0.3) is 0 Å². The molecule has 1 atom stereocenters. The monoisotopic (exact) mass is 237 g/mol. The summed E-state index contributed by atoms with van der Waals surface area (Å²) >= 11 is 0. The molecule has 1 N–H and O–H groups in total. The Morgan fingerprint density at radius 2 is 2.00 bits per heavy atom. The molecule has 1 saturated heterocycles. The summed E-state index contributed by atoms with van der Waals surface area (Å²) in [6.45, 7) is -0.600. The van der Waals surface area contributed by atoms with Crippen molar-refractivity contribution in [1.29, 1.82) is 0 Å². The molecule has 0 bridgehead atoms. The van der Waals surface area contributed by atoms with Gasteiger partial charge in [-0.1, -0.05) is 6.42 Å². The zero-order valence-corrected chi connectivity index (χ0v) is 8.76. The fourth-order valence-electron chi connectivity index (χ4n) is 2.13. The number of β-amino-alcohol motifs (C(OH)–C–C–N with tert-alkyl or cyclic N) is 1. The third-order valence-electron chi connectivity index (χ3n) is 3.54. The molecule has 1 saturated carbocycles. The molecule has 92 valence electrons. The van der Waals surface area contributed by atoms with Crippen molar-refractivity contribution < 1.29 is 23.1 Å². The fraction of sp³-hybridized carbons (Fsp3) is 0.900. The van der Waals surface area contributed by atoms with Gasteiger partial charge in [0.05, 0.1) is 6.54 Å². The standard InChI is InChI=1S/C10H14F3NO2/c11-10(12,13)9(16)4-5-14(6-9)8(15)7-2-1-3-7/h7,16H,1-6H2/t9-/m0/s1. The number of likely N-dealkylation sites (tertiary alicyclic amines) is 1. The van der Waals surface area contributed by atoms with E-state index in [1.807, 2.05) is 0 Å². The highest BCUT2D eigenvalue weighted by molar-refractivity contribution is 5.80. The first-order chi connectivity index (χ1) is 7.33. The minimum Gasteiger partial charge on any atom is -0.379 e. The smallest absolute Gasteiger partial charge is 0.379 e. The van der Waals surface area contributed by atoms with Crippen LogP contribution in [0, 0.1) is 5.92 Å². The van der Waals surface area contributed by atoms with Gasteiger partial charge in [-0.2, -0.15) is 13.2 Å². The van der Waals surface area contributed by atoms with Crippen LogP contribution in [0.4, 0.5) is 13.2 Å². The average Bonchev–Trinajstić information content (AvgIpc) is 2.44. The number of hydrogen-bond donors (Lipinski definition) is 1. The van der Waals surface area contributed by atoms with E-state index in [-0.39, 0.29) is 18.4 Å². The van der Waals surface area contributed by atoms with Crippen LogP contribution in [0.2, 0.25) is 0 Å². The topological polar surface area (TPSA) is 40.5 Å². The van der Waals surface area contributed by atoms with E-state index in [4.69, 9.17) is 0 Å². The van der Waals surface area contributed by atoms with Gasteiger partial charge >= 0.3 is 6.18 Å². The van der Waals surface area contributed by atoms with Gasteiger partial charge < -0.3 is 10.0 Å². The Morgan fingerprint density at radius 1 is 1.38 bits per heavy atom. The number of carbonyl (C=O) groups is 1. The van der Waals surface area contributed by atoms with Crippen molar-refractivity contribution in [2.75, 3.05) is 13.1 Å². The van der Waals surface area contributed by atoms with Crippen LogP contribution in [0.1, 0.15) is 25.7 Å². The van der Waals surface area contributed by atoms with Gasteiger partial charge in [0, 0.05) is 18.9 Å². The zero-order chi connectivity index (χ0) is 12.0. The average molecular weight is 237 g/mol. The van der Waals surface area contributed by atoms with Crippen LogP contribution in [-0.2, 0) is 4.79 Å². The van der Waals surface area contributed by atoms with Crippen LogP contribution in [0.3, 0.4) is 0 Å². The number of carbonyl (C=O) groups excluding carboxylic acids is 1. The van der Waals surface area contributed by atoms with E-state index in [9.17, 15) is 23.1 Å². The Bertz CT molecular complexity index is 301. The largest absolute Gasteiger partial charge is 0.419 e. The number of rotatable bonds is 1. The van der Waals surface area contributed by atoms with E-state index in [0.29, 0.717) is 0 Å². The quantitative estimate of drug-likeness (QED) is 0.747. The van der Waals surface area contributed by atoms with Gasteiger partial charge in [0.25, 0.3) is 0 Å². The van der Waals surface area contributed by atoms with Crippen LogP contribution < -0.4 is 0 Å². The predicted octanol–water partition coefficient (Wildman–Crippen LogP) is 1.31. The van der Waals surface area contributed by atoms with Crippen molar-refractivity contribution in [2.45, 2.75) is 37.5 Å². The van der Waals surface area contributed by atoms with E-state index in [1.54, 1.807) is 0 Å². The van der Waals surface area contributed by atoms with Crippen molar-refractivity contribution in [3.8, 4) is 0 Å².